The lowest BCUT2D eigenvalue weighted by atomic mass is 9.85. The van der Waals surface area contributed by atoms with E-state index in [1.54, 1.807) is 27.7 Å². The predicted octanol–water partition coefficient (Wildman–Crippen LogP) is 0.952. The number of anilines is 1. The number of nitrogens with two attached hydrogens (primary N) is 1. The SMILES string of the molecule is CC(C)(O)C(C)(C)NC(=O)c1cc(N)cc(S(C)(=O)=O)c1. The van der Waals surface area contributed by atoms with Crippen molar-refractivity contribution >= 4 is 21.4 Å². The molecule has 0 aromatic heterocycles. The Kier molecular flexibility index (Phi) is 4.41. The van der Waals surface area contributed by atoms with Gasteiger partial charge in [-0.3, -0.25) is 4.79 Å². The Morgan fingerprint density at radius 1 is 1.19 bits per heavy atom. The van der Waals surface area contributed by atoms with Crippen molar-refractivity contribution < 1.29 is 18.3 Å². The number of carbonyl (C=O) groups excluding carboxylic acids is 1. The first-order valence-electron chi connectivity index (χ1n) is 6.39. The van der Waals surface area contributed by atoms with Crippen LogP contribution in [-0.2, 0) is 9.84 Å². The molecule has 0 radical (unpaired) electrons. The van der Waals surface area contributed by atoms with Crippen molar-refractivity contribution in [2.24, 2.45) is 0 Å². The first kappa shape index (κ1) is 17.5. The minimum absolute atomic E-state index is 0.0197. The summed E-state index contributed by atoms with van der Waals surface area (Å²) in [4.78, 5) is 12.2. The van der Waals surface area contributed by atoms with Gasteiger partial charge in [0, 0.05) is 17.5 Å². The summed E-state index contributed by atoms with van der Waals surface area (Å²) in [5.74, 6) is -0.501. The highest BCUT2D eigenvalue weighted by Gasteiger charge is 2.36. The predicted molar refractivity (Wildman–Crippen MR) is 81.8 cm³/mol. The normalized spacial score (nSPS) is 13.0. The largest absolute Gasteiger partial charge is 0.399 e. The van der Waals surface area contributed by atoms with Gasteiger partial charge in [0.05, 0.1) is 16.0 Å². The Balaban J connectivity index is 3.18. The summed E-state index contributed by atoms with van der Waals surface area (Å²) in [6.45, 7) is 6.51. The topological polar surface area (TPSA) is 109 Å². The van der Waals surface area contributed by atoms with Gasteiger partial charge < -0.3 is 16.2 Å². The smallest absolute Gasteiger partial charge is 0.251 e. The molecule has 7 heteroatoms. The molecule has 1 aromatic carbocycles. The molecule has 0 unspecified atom stereocenters. The molecular weight excluding hydrogens is 292 g/mol. The average Bonchev–Trinajstić information content (AvgIpc) is 2.24. The van der Waals surface area contributed by atoms with Crippen LogP contribution in [0, 0.1) is 0 Å². The van der Waals surface area contributed by atoms with Crippen LogP contribution in [0.25, 0.3) is 0 Å². The highest BCUT2D eigenvalue weighted by molar-refractivity contribution is 7.90. The van der Waals surface area contributed by atoms with Crippen molar-refractivity contribution in [3.05, 3.63) is 23.8 Å². The number of benzene rings is 1. The monoisotopic (exact) mass is 314 g/mol. The fourth-order valence-electron chi connectivity index (χ4n) is 1.48. The van der Waals surface area contributed by atoms with Crippen LogP contribution in [0.2, 0.25) is 0 Å². The van der Waals surface area contributed by atoms with Crippen molar-refractivity contribution in [3.8, 4) is 0 Å². The van der Waals surface area contributed by atoms with Crippen LogP contribution in [0.1, 0.15) is 38.1 Å². The Hall–Kier alpha value is -1.60. The lowest BCUT2D eigenvalue weighted by Crippen LogP contribution is -2.57. The van der Waals surface area contributed by atoms with Crippen molar-refractivity contribution in [1.82, 2.24) is 5.32 Å². The van der Waals surface area contributed by atoms with E-state index in [1.807, 2.05) is 0 Å². The zero-order chi connectivity index (χ0) is 16.6. The van der Waals surface area contributed by atoms with Crippen LogP contribution in [0.3, 0.4) is 0 Å². The Bertz CT molecular complexity index is 658. The van der Waals surface area contributed by atoms with E-state index in [1.165, 1.54) is 18.2 Å². The number of sulfone groups is 1. The van der Waals surface area contributed by atoms with Gasteiger partial charge in [-0.2, -0.15) is 0 Å². The number of rotatable bonds is 4. The molecule has 1 amide bonds. The van der Waals surface area contributed by atoms with Crippen molar-refractivity contribution in [3.63, 3.8) is 0 Å². The molecule has 0 fully saturated rings. The number of nitrogens with one attached hydrogen (secondary N) is 1. The third kappa shape index (κ3) is 4.18. The van der Waals surface area contributed by atoms with E-state index in [4.69, 9.17) is 5.73 Å². The second kappa shape index (κ2) is 5.31. The minimum atomic E-state index is -3.46. The second-order valence-corrected chi connectivity index (χ2v) is 8.22. The van der Waals surface area contributed by atoms with Gasteiger partial charge in [-0.1, -0.05) is 0 Å². The van der Waals surface area contributed by atoms with E-state index < -0.39 is 26.9 Å². The van der Waals surface area contributed by atoms with Gasteiger partial charge >= 0.3 is 0 Å². The number of nitrogen functional groups attached to an aromatic ring is 1. The van der Waals surface area contributed by atoms with Crippen molar-refractivity contribution in [2.45, 2.75) is 43.7 Å². The van der Waals surface area contributed by atoms with Gasteiger partial charge in [-0.25, -0.2) is 8.42 Å². The zero-order valence-corrected chi connectivity index (χ0v) is 13.7. The molecule has 0 aliphatic carbocycles. The third-order valence-electron chi connectivity index (χ3n) is 3.57. The molecule has 0 bridgehead atoms. The number of carbonyl (C=O) groups is 1. The summed E-state index contributed by atoms with van der Waals surface area (Å²) in [6, 6.07) is 3.96. The average molecular weight is 314 g/mol. The molecular formula is C14H22N2O4S. The third-order valence-corrected chi connectivity index (χ3v) is 4.67. The quantitative estimate of drug-likeness (QED) is 0.717. The highest BCUT2D eigenvalue weighted by atomic mass is 32.2. The molecule has 1 aromatic rings. The molecule has 0 atom stereocenters. The van der Waals surface area contributed by atoms with E-state index in [0.717, 1.165) is 6.26 Å². The fourth-order valence-corrected chi connectivity index (χ4v) is 2.17. The summed E-state index contributed by atoms with van der Waals surface area (Å²) in [7, 11) is -3.46. The lowest BCUT2D eigenvalue weighted by Gasteiger charge is -2.38. The second-order valence-electron chi connectivity index (χ2n) is 6.20. The lowest BCUT2D eigenvalue weighted by molar-refractivity contribution is -0.00293. The molecule has 6 nitrogen and oxygen atoms in total. The van der Waals surface area contributed by atoms with E-state index in [9.17, 15) is 18.3 Å². The molecule has 0 aliphatic heterocycles. The summed E-state index contributed by atoms with van der Waals surface area (Å²) in [6.07, 6.45) is 1.05. The van der Waals surface area contributed by atoms with Gasteiger partial charge in [0.1, 0.15) is 0 Å². The molecule has 0 spiro atoms. The summed E-state index contributed by atoms with van der Waals surface area (Å²) >= 11 is 0. The zero-order valence-electron chi connectivity index (χ0n) is 12.9. The van der Waals surface area contributed by atoms with Crippen molar-refractivity contribution in [1.29, 1.82) is 0 Å². The summed E-state index contributed by atoms with van der Waals surface area (Å²) < 4.78 is 23.2. The van der Waals surface area contributed by atoms with Crippen LogP contribution in [-0.4, -0.2) is 36.8 Å². The molecule has 1 rings (SSSR count). The van der Waals surface area contributed by atoms with Crippen LogP contribution < -0.4 is 11.1 Å². The van der Waals surface area contributed by atoms with Crippen LogP contribution in [0.4, 0.5) is 5.69 Å². The number of amides is 1. The molecule has 0 aliphatic rings. The maximum atomic E-state index is 12.3. The van der Waals surface area contributed by atoms with E-state index >= 15 is 0 Å². The van der Waals surface area contributed by atoms with E-state index in [2.05, 4.69) is 5.32 Å². The standard InChI is InChI=1S/C14H22N2O4S/c1-13(2,14(3,4)18)16-12(17)9-6-10(15)8-11(7-9)21(5,19)20/h6-8,18H,15H2,1-5H3,(H,16,17). The molecule has 0 heterocycles. The number of hydrogen-bond acceptors (Lipinski definition) is 5. The maximum Gasteiger partial charge on any atom is 0.251 e. The van der Waals surface area contributed by atoms with Crippen LogP contribution in [0.15, 0.2) is 23.1 Å². The molecule has 4 N–H and O–H groups in total. The highest BCUT2D eigenvalue weighted by Crippen LogP contribution is 2.22. The van der Waals surface area contributed by atoms with Gasteiger partial charge in [-0.05, 0) is 45.9 Å². The van der Waals surface area contributed by atoms with Gasteiger partial charge in [0.15, 0.2) is 9.84 Å². The number of aliphatic hydroxyl groups is 1. The van der Waals surface area contributed by atoms with Crippen LogP contribution in [0.5, 0.6) is 0 Å². The molecule has 0 saturated heterocycles. The summed E-state index contributed by atoms with van der Waals surface area (Å²) in [5, 5.41) is 12.7. The Labute approximate surface area is 125 Å². The Morgan fingerprint density at radius 3 is 2.14 bits per heavy atom. The van der Waals surface area contributed by atoms with E-state index in [0.29, 0.717) is 0 Å². The molecule has 118 valence electrons. The molecule has 21 heavy (non-hydrogen) atoms. The van der Waals surface area contributed by atoms with Crippen molar-refractivity contribution in [2.75, 3.05) is 12.0 Å². The summed E-state index contributed by atoms with van der Waals surface area (Å²) in [5.41, 5.74) is 3.91. The van der Waals surface area contributed by atoms with Gasteiger partial charge in [0.2, 0.25) is 0 Å². The fraction of sp³-hybridized carbons (Fsp3) is 0.500. The van der Waals surface area contributed by atoms with E-state index in [-0.39, 0.29) is 16.1 Å². The maximum absolute atomic E-state index is 12.3. The Morgan fingerprint density at radius 2 is 1.71 bits per heavy atom. The van der Waals surface area contributed by atoms with Crippen LogP contribution >= 0.6 is 0 Å². The van der Waals surface area contributed by atoms with Gasteiger partial charge in [-0.15, -0.1) is 0 Å². The minimum Gasteiger partial charge on any atom is -0.399 e. The first-order chi connectivity index (χ1) is 9.24. The van der Waals surface area contributed by atoms with Gasteiger partial charge in [0.25, 0.3) is 5.91 Å². The first-order valence-corrected chi connectivity index (χ1v) is 8.29. The number of hydrogen-bond donors (Lipinski definition) is 3. The molecule has 0 saturated carbocycles.